The van der Waals surface area contributed by atoms with Crippen molar-refractivity contribution in [3.05, 3.63) is 34.7 Å². The van der Waals surface area contributed by atoms with Gasteiger partial charge in [-0.15, -0.1) is 11.3 Å². The zero-order chi connectivity index (χ0) is 7.84. The normalized spacial score (nSPS) is 10.7. The molecule has 0 amide bonds. The molecule has 0 nitrogen and oxygen atoms in total. The van der Waals surface area contributed by atoms with Crippen LogP contribution >= 0.6 is 11.3 Å². The fourth-order valence-electron chi connectivity index (χ4n) is 1.27. The van der Waals surface area contributed by atoms with Crippen molar-refractivity contribution in [1.82, 2.24) is 0 Å². The van der Waals surface area contributed by atoms with Crippen LogP contribution in [-0.4, -0.2) is 0 Å². The summed E-state index contributed by atoms with van der Waals surface area (Å²) in [5.74, 6) is 0. The van der Waals surface area contributed by atoms with Gasteiger partial charge in [-0.05, 0) is 41.8 Å². The number of benzene rings is 1. The van der Waals surface area contributed by atoms with Crippen molar-refractivity contribution < 1.29 is 0 Å². The van der Waals surface area contributed by atoms with E-state index in [1.807, 2.05) is 11.3 Å². The van der Waals surface area contributed by atoms with E-state index in [1.165, 1.54) is 21.2 Å². The Hall–Kier alpha value is -0.820. The Balaban J connectivity index is 2.86. The van der Waals surface area contributed by atoms with E-state index in [4.69, 9.17) is 0 Å². The quantitative estimate of drug-likeness (QED) is 0.556. The van der Waals surface area contributed by atoms with E-state index < -0.39 is 0 Å². The van der Waals surface area contributed by atoms with E-state index in [-0.39, 0.29) is 0 Å². The van der Waals surface area contributed by atoms with Gasteiger partial charge in [-0.3, -0.25) is 0 Å². The summed E-state index contributed by atoms with van der Waals surface area (Å²) in [6.45, 7) is 4.29. The van der Waals surface area contributed by atoms with E-state index >= 15 is 0 Å². The minimum Gasteiger partial charge on any atom is -0.144 e. The number of rotatable bonds is 0. The van der Waals surface area contributed by atoms with E-state index in [1.54, 1.807) is 0 Å². The fraction of sp³-hybridized carbons (Fsp3) is 0.200. The largest absolute Gasteiger partial charge is 0.144 e. The van der Waals surface area contributed by atoms with E-state index in [2.05, 4.69) is 37.4 Å². The van der Waals surface area contributed by atoms with Crippen molar-refractivity contribution in [2.24, 2.45) is 0 Å². The first-order chi connectivity index (χ1) is 5.27. The molecular formula is C10H10S. The predicted molar refractivity (Wildman–Crippen MR) is 51.3 cm³/mol. The van der Waals surface area contributed by atoms with Crippen LogP contribution in [0.15, 0.2) is 23.6 Å². The van der Waals surface area contributed by atoms with Gasteiger partial charge in [0.2, 0.25) is 0 Å². The highest BCUT2D eigenvalue weighted by Crippen LogP contribution is 2.25. The second-order valence-electron chi connectivity index (χ2n) is 2.92. The summed E-state index contributed by atoms with van der Waals surface area (Å²) in [4.78, 5) is 0. The molecule has 0 aliphatic rings. The van der Waals surface area contributed by atoms with E-state index in [0.717, 1.165) is 0 Å². The summed E-state index contributed by atoms with van der Waals surface area (Å²) in [6.07, 6.45) is 0. The van der Waals surface area contributed by atoms with Crippen LogP contribution in [-0.2, 0) is 0 Å². The van der Waals surface area contributed by atoms with Crippen LogP contribution in [0.2, 0.25) is 0 Å². The lowest BCUT2D eigenvalue weighted by Gasteiger charge is -1.92. The second kappa shape index (κ2) is 2.35. The van der Waals surface area contributed by atoms with Gasteiger partial charge in [0.25, 0.3) is 0 Å². The smallest absolute Gasteiger partial charge is 0.0348 e. The summed E-state index contributed by atoms with van der Waals surface area (Å²) in [7, 11) is 0. The van der Waals surface area contributed by atoms with Crippen LogP contribution in [0, 0.1) is 13.8 Å². The average molecular weight is 162 g/mol. The van der Waals surface area contributed by atoms with Gasteiger partial charge in [-0.2, -0.15) is 0 Å². The maximum Gasteiger partial charge on any atom is 0.0348 e. The highest BCUT2D eigenvalue weighted by atomic mass is 32.1. The van der Waals surface area contributed by atoms with Gasteiger partial charge in [-0.1, -0.05) is 12.1 Å². The first-order valence-electron chi connectivity index (χ1n) is 3.72. The Labute approximate surface area is 70.5 Å². The summed E-state index contributed by atoms with van der Waals surface area (Å²) in [5.41, 5.74) is 2.74. The molecule has 11 heavy (non-hydrogen) atoms. The molecule has 0 bridgehead atoms. The fourth-order valence-corrected chi connectivity index (χ4v) is 2.31. The summed E-state index contributed by atoms with van der Waals surface area (Å²) < 4.78 is 1.41. The lowest BCUT2D eigenvalue weighted by Crippen LogP contribution is -1.70. The van der Waals surface area contributed by atoms with Crippen LogP contribution in [0.25, 0.3) is 10.1 Å². The second-order valence-corrected chi connectivity index (χ2v) is 3.83. The van der Waals surface area contributed by atoms with Crippen LogP contribution in [0.5, 0.6) is 0 Å². The van der Waals surface area contributed by atoms with Gasteiger partial charge < -0.3 is 0 Å². The molecule has 0 saturated carbocycles. The van der Waals surface area contributed by atoms with Crippen molar-refractivity contribution in [1.29, 1.82) is 0 Å². The Bertz CT molecular complexity index is 385. The number of hydrogen-bond acceptors (Lipinski definition) is 1. The Morgan fingerprint density at radius 1 is 1.18 bits per heavy atom. The Morgan fingerprint density at radius 2 is 2.00 bits per heavy atom. The molecule has 0 aliphatic heterocycles. The van der Waals surface area contributed by atoms with E-state index in [9.17, 15) is 0 Å². The van der Waals surface area contributed by atoms with Gasteiger partial charge in [0.05, 0.1) is 0 Å². The van der Waals surface area contributed by atoms with Gasteiger partial charge in [0.15, 0.2) is 0 Å². The monoisotopic (exact) mass is 162 g/mol. The minimum atomic E-state index is 1.35. The lowest BCUT2D eigenvalue weighted by molar-refractivity contribution is 1.51. The van der Waals surface area contributed by atoms with Crippen LogP contribution in [0.3, 0.4) is 0 Å². The van der Waals surface area contributed by atoms with Crippen molar-refractivity contribution in [3.63, 3.8) is 0 Å². The first kappa shape index (κ1) is 6.86. The minimum absolute atomic E-state index is 1.35. The third-order valence-corrected chi connectivity index (χ3v) is 2.99. The average Bonchev–Trinajstić information content (AvgIpc) is 2.32. The van der Waals surface area contributed by atoms with Crippen LogP contribution in [0.1, 0.15) is 11.1 Å². The lowest BCUT2D eigenvalue weighted by atomic mass is 10.1. The van der Waals surface area contributed by atoms with Crippen molar-refractivity contribution in [3.8, 4) is 0 Å². The SMILES string of the molecule is Cc1ccc2c(C)csc2c1. The standard InChI is InChI=1S/C10H10S/c1-7-3-4-9-8(2)6-11-10(9)5-7/h3-6H,1-2H3. The molecule has 0 radical (unpaired) electrons. The Kier molecular flexibility index (Phi) is 1.46. The zero-order valence-corrected chi connectivity index (χ0v) is 7.53. The molecule has 0 atom stereocenters. The van der Waals surface area contributed by atoms with Crippen LogP contribution < -0.4 is 0 Å². The maximum atomic E-state index is 2.24. The first-order valence-corrected chi connectivity index (χ1v) is 4.60. The highest BCUT2D eigenvalue weighted by Gasteiger charge is 1.97. The maximum absolute atomic E-state index is 2.24. The molecule has 1 aromatic heterocycles. The molecule has 2 rings (SSSR count). The molecule has 56 valence electrons. The Morgan fingerprint density at radius 3 is 2.82 bits per heavy atom. The number of fused-ring (bicyclic) bond motifs is 1. The van der Waals surface area contributed by atoms with Gasteiger partial charge >= 0.3 is 0 Å². The molecule has 1 heteroatoms. The molecule has 1 heterocycles. The summed E-state index contributed by atoms with van der Waals surface area (Å²) in [6, 6.07) is 6.62. The molecule has 0 saturated heterocycles. The summed E-state index contributed by atoms with van der Waals surface area (Å²) in [5, 5.41) is 3.62. The van der Waals surface area contributed by atoms with Crippen molar-refractivity contribution in [2.45, 2.75) is 13.8 Å². The molecular weight excluding hydrogens is 152 g/mol. The molecule has 0 N–H and O–H groups in total. The third kappa shape index (κ3) is 1.05. The topological polar surface area (TPSA) is 0 Å². The predicted octanol–water partition coefficient (Wildman–Crippen LogP) is 3.52. The number of thiophene rings is 1. The van der Waals surface area contributed by atoms with Gasteiger partial charge in [0.1, 0.15) is 0 Å². The molecule has 2 aromatic rings. The number of aryl methyl sites for hydroxylation is 2. The molecule has 0 fully saturated rings. The summed E-state index contributed by atoms with van der Waals surface area (Å²) >= 11 is 1.83. The van der Waals surface area contributed by atoms with E-state index in [0.29, 0.717) is 0 Å². The van der Waals surface area contributed by atoms with Crippen molar-refractivity contribution >= 4 is 21.4 Å². The zero-order valence-electron chi connectivity index (χ0n) is 6.72. The molecule has 0 spiro atoms. The van der Waals surface area contributed by atoms with Crippen LogP contribution in [0.4, 0.5) is 0 Å². The molecule has 0 unspecified atom stereocenters. The van der Waals surface area contributed by atoms with Crippen molar-refractivity contribution in [2.75, 3.05) is 0 Å². The number of hydrogen-bond donors (Lipinski definition) is 0. The van der Waals surface area contributed by atoms with Gasteiger partial charge in [-0.25, -0.2) is 0 Å². The third-order valence-electron chi connectivity index (χ3n) is 1.92. The molecule has 1 aromatic carbocycles. The molecule has 0 aliphatic carbocycles. The van der Waals surface area contributed by atoms with Gasteiger partial charge in [0, 0.05) is 4.70 Å². The highest BCUT2D eigenvalue weighted by molar-refractivity contribution is 7.17.